The molecule has 0 fully saturated rings. The fraction of sp³-hybridized carbons (Fsp3) is 0.455. The van der Waals surface area contributed by atoms with Gasteiger partial charge in [-0.05, 0) is 6.92 Å². The third-order valence-electron chi connectivity index (χ3n) is 2.62. The summed E-state index contributed by atoms with van der Waals surface area (Å²) in [6.45, 7) is 1.50. The van der Waals surface area contributed by atoms with Gasteiger partial charge in [0, 0.05) is 25.8 Å². The predicted molar refractivity (Wildman–Crippen MR) is 56.3 cm³/mol. The summed E-state index contributed by atoms with van der Waals surface area (Å²) in [5.41, 5.74) is 4.11. The molecular formula is C11H15F2NO2. The van der Waals surface area contributed by atoms with E-state index in [1.807, 2.05) is 0 Å². The quantitative estimate of drug-likeness (QED) is 0.859. The maximum atomic E-state index is 13.7. The Balaban J connectivity index is 3.34. The van der Waals surface area contributed by atoms with Crippen molar-refractivity contribution in [3.8, 4) is 5.75 Å². The first-order valence-electron chi connectivity index (χ1n) is 4.77. The third-order valence-corrected chi connectivity index (χ3v) is 2.62. The minimum Gasteiger partial charge on any atom is -0.497 e. The number of ether oxygens (including phenoxy) is 2. The van der Waals surface area contributed by atoms with Gasteiger partial charge in [-0.15, -0.1) is 0 Å². The predicted octanol–water partition coefficient (Wildman–Crippen LogP) is 1.79. The molecule has 0 aliphatic rings. The van der Waals surface area contributed by atoms with Crippen LogP contribution in [0.2, 0.25) is 0 Å². The number of hydrogen-bond donors (Lipinski definition) is 1. The highest BCUT2D eigenvalue weighted by Gasteiger charge is 2.31. The van der Waals surface area contributed by atoms with Crippen LogP contribution < -0.4 is 10.5 Å². The Morgan fingerprint density at radius 3 is 2.06 bits per heavy atom. The van der Waals surface area contributed by atoms with E-state index in [2.05, 4.69) is 0 Å². The standard InChI is InChI=1S/C11H15F2NO2/c1-11(6-14,16-3)10-8(12)4-7(15-2)5-9(10)13/h4-5H,6,14H2,1-3H3. The Bertz CT molecular complexity index is 355. The molecule has 1 unspecified atom stereocenters. The molecule has 0 aromatic heterocycles. The normalized spacial score (nSPS) is 14.6. The molecule has 2 N–H and O–H groups in total. The zero-order chi connectivity index (χ0) is 12.3. The molecule has 0 bridgehead atoms. The van der Waals surface area contributed by atoms with E-state index in [1.54, 1.807) is 0 Å². The second-order valence-corrected chi connectivity index (χ2v) is 3.61. The van der Waals surface area contributed by atoms with Crippen molar-refractivity contribution in [1.82, 2.24) is 0 Å². The highest BCUT2D eigenvalue weighted by Crippen LogP contribution is 2.31. The first-order chi connectivity index (χ1) is 7.48. The number of methoxy groups -OCH3 is 2. The van der Waals surface area contributed by atoms with Gasteiger partial charge in [-0.2, -0.15) is 0 Å². The summed E-state index contributed by atoms with van der Waals surface area (Å²) in [6, 6.07) is 2.21. The highest BCUT2D eigenvalue weighted by molar-refractivity contribution is 5.34. The minimum absolute atomic E-state index is 0.0241. The Morgan fingerprint density at radius 1 is 1.25 bits per heavy atom. The summed E-state index contributed by atoms with van der Waals surface area (Å²) in [7, 11) is 2.70. The summed E-state index contributed by atoms with van der Waals surface area (Å²) in [5, 5.41) is 0. The monoisotopic (exact) mass is 231 g/mol. The molecule has 0 aliphatic heterocycles. The Kier molecular flexibility index (Phi) is 3.83. The first kappa shape index (κ1) is 12.9. The Morgan fingerprint density at radius 2 is 1.75 bits per heavy atom. The molecule has 1 aromatic carbocycles. The van der Waals surface area contributed by atoms with Crippen molar-refractivity contribution in [2.24, 2.45) is 5.73 Å². The van der Waals surface area contributed by atoms with E-state index < -0.39 is 17.2 Å². The van der Waals surface area contributed by atoms with Crippen LogP contribution in [0, 0.1) is 11.6 Å². The Labute approximate surface area is 93.2 Å². The van der Waals surface area contributed by atoms with Crippen LogP contribution in [0.4, 0.5) is 8.78 Å². The topological polar surface area (TPSA) is 44.5 Å². The van der Waals surface area contributed by atoms with Crippen molar-refractivity contribution in [2.45, 2.75) is 12.5 Å². The molecule has 0 saturated heterocycles. The molecule has 5 heteroatoms. The largest absolute Gasteiger partial charge is 0.497 e. The van der Waals surface area contributed by atoms with E-state index in [9.17, 15) is 8.78 Å². The van der Waals surface area contributed by atoms with Crippen LogP contribution in [0.5, 0.6) is 5.75 Å². The van der Waals surface area contributed by atoms with Crippen LogP contribution in [0.3, 0.4) is 0 Å². The average Bonchev–Trinajstić information content (AvgIpc) is 2.27. The Hall–Kier alpha value is -1.20. The molecule has 0 radical (unpaired) electrons. The van der Waals surface area contributed by atoms with E-state index >= 15 is 0 Å². The van der Waals surface area contributed by atoms with E-state index in [-0.39, 0.29) is 17.9 Å². The molecule has 1 atom stereocenters. The molecule has 0 spiro atoms. The van der Waals surface area contributed by atoms with E-state index in [0.29, 0.717) is 0 Å². The van der Waals surface area contributed by atoms with Gasteiger partial charge in [-0.3, -0.25) is 0 Å². The maximum Gasteiger partial charge on any atom is 0.135 e. The number of hydrogen-bond acceptors (Lipinski definition) is 3. The zero-order valence-electron chi connectivity index (χ0n) is 9.51. The molecular weight excluding hydrogens is 216 g/mol. The van der Waals surface area contributed by atoms with Crippen LogP contribution >= 0.6 is 0 Å². The van der Waals surface area contributed by atoms with Crippen LogP contribution in [0.1, 0.15) is 12.5 Å². The second kappa shape index (κ2) is 4.76. The van der Waals surface area contributed by atoms with Gasteiger partial charge >= 0.3 is 0 Å². The lowest BCUT2D eigenvalue weighted by Crippen LogP contribution is -2.35. The van der Waals surface area contributed by atoms with Gasteiger partial charge < -0.3 is 15.2 Å². The van der Waals surface area contributed by atoms with E-state index in [0.717, 1.165) is 12.1 Å². The average molecular weight is 231 g/mol. The molecule has 0 amide bonds. The van der Waals surface area contributed by atoms with Crippen LogP contribution in [-0.2, 0) is 10.3 Å². The maximum absolute atomic E-state index is 13.7. The fourth-order valence-corrected chi connectivity index (χ4v) is 1.46. The van der Waals surface area contributed by atoms with Gasteiger partial charge in [0.15, 0.2) is 0 Å². The van der Waals surface area contributed by atoms with E-state index in [1.165, 1.54) is 21.1 Å². The van der Waals surface area contributed by atoms with Crippen molar-refractivity contribution in [3.63, 3.8) is 0 Å². The lowest BCUT2D eigenvalue weighted by atomic mass is 9.94. The molecule has 16 heavy (non-hydrogen) atoms. The molecule has 1 rings (SSSR count). The van der Waals surface area contributed by atoms with Crippen molar-refractivity contribution in [1.29, 1.82) is 0 Å². The van der Waals surface area contributed by atoms with Gasteiger partial charge in [0.25, 0.3) is 0 Å². The van der Waals surface area contributed by atoms with Crippen molar-refractivity contribution in [2.75, 3.05) is 20.8 Å². The summed E-state index contributed by atoms with van der Waals surface area (Å²) >= 11 is 0. The highest BCUT2D eigenvalue weighted by atomic mass is 19.1. The first-order valence-corrected chi connectivity index (χ1v) is 4.77. The van der Waals surface area contributed by atoms with Gasteiger partial charge in [0.1, 0.15) is 23.0 Å². The summed E-state index contributed by atoms with van der Waals surface area (Å²) in [6.07, 6.45) is 0. The molecule has 0 aliphatic carbocycles. The van der Waals surface area contributed by atoms with Gasteiger partial charge in [-0.25, -0.2) is 8.78 Å². The summed E-state index contributed by atoms with van der Waals surface area (Å²) in [5.74, 6) is -1.34. The van der Waals surface area contributed by atoms with Gasteiger partial charge in [-0.1, -0.05) is 0 Å². The molecule has 1 aromatic rings. The minimum atomic E-state index is -1.18. The lowest BCUT2D eigenvalue weighted by Gasteiger charge is -2.27. The SMILES string of the molecule is COc1cc(F)c(C(C)(CN)OC)c(F)c1. The van der Waals surface area contributed by atoms with Gasteiger partial charge in [0.2, 0.25) is 0 Å². The molecule has 90 valence electrons. The number of halogens is 2. The second-order valence-electron chi connectivity index (χ2n) is 3.61. The van der Waals surface area contributed by atoms with Crippen LogP contribution in [0.15, 0.2) is 12.1 Å². The lowest BCUT2D eigenvalue weighted by molar-refractivity contribution is 0.00402. The number of benzene rings is 1. The van der Waals surface area contributed by atoms with Crippen molar-refractivity contribution < 1.29 is 18.3 Å². The van der Waals surface area contributed by atoms with Crippen molar-refractivity contribution >= 4 is 0 Å². The zero-order valence-corrected chi connectivity index (χ0v) is 9.51. The number of rotatable bonds is 4. The summed E-state index contributed by atoms with van der Waals surface area (Å²) in [4.78, 5) is 0. The summed E-state index contributed by atoms with van der Waals surface area (Å²) < 4.78 is 37.2. The van der Waals surface area contributed by atoms with Crippen LogP contribution in [-0.4, -0.2) is 20.8 Å². The molecule has 0 heterocycles. The van der Waals surface area contributed by atoms with Crippen LogP contribution in [0.25, 0.3) is 0 Å². The third kappa shape index (κ3) is 2.15. The molecule has 3 nitrogen and oxygen atoms in total. The van der Waals surface area contributed by atoms with Gasteiger partial charge in [0.05, 0.1) is 12.7 Å². The van der Waals surface area contributed by atoms with E-state index in [4.69, 9.17) is 15.2 Å². The smallest absolute Gasteiger partial charge is 0.135 e. The van der Waals surface area contributed by atoms with Crippen molar-refractivity contribution in [3.05, 3.63) is 29.3 Å². The number of nitrogens with two attached hydrogens (primary N) is 1. The fourth-order valence-electron chi connectivity index (χ4n) is 1.46. The molecule has 0 saturated carbocycles.